The molecule has 1 aliphatic heterocycles. The van der Waals surface area contributed by atoms with Crippen LogP contribution in [-0.2, 0) is 9.47 Å². The molecular formula is C30H49NO3. The van der Waals surface area contributed by atoms with Gasteiger partial charge in [-0.1, -0.05) is 32.4 Å². The first-order valence-electron chi connectivity index (χ1n) is 15.0. The predicted molar refractivity (Wildman–Crippen MR) is 135 cm³/mol. The lowest BCUT2D eigenvalue weighted by Gasteiger charge is -2.67. The highest BCUT2D eigenvalue weighted by Crippen LogP contribution is 2.71. The predicted octanol–water partition coefficient (Wildman–Crippen LogP) is 7.74. The van der Waals surface area contributed by atoms with E-state index in [9.17, 15) is 4.91 Å². The highest BCUT2D eigenvalue weighted by molar-refractivity contribution is 5.14. The van der Waals surface area contributed by atoms with Crippen LogP contribution in [0.25, 0.3) is 0 Å². The lowest BCUT2D eigenvalue weighted by molar-refractivity contribution is -0.210. The Hall–Kier alpha value is -0.480. The minimum absolute atomic E-state index is 0.0562. The van der Waals surface area contributed by atoms with Crippen molar-refractivity contribution in [1.29, 1.82) is 0 Å². The van der Waals surface area contributed by atoms with Gasteiger partial charge >= 0.3 is 0 Å². The third kappa shape index (κ3) is 3.51. The zero-order valence-corrected chi connectivity index (χ0v) is 22.1. The minimum atomic E-state index is 0.0562. The van der Waals surface area contributed by atoms with Gasteiger partial charge in [0, 0.05) is 6.61 Å². The number of nitroso groups, excluding NO2 is 1. The fraction of sp³-hybridized carbons (Fsp3) is 1.00. The molecule has 0 amide bonds. The molecule has 0 aromatic carbocycles. The van der Waals surface area contributed by atoms with Crippen LogP contribution < -0.4 is 0 Å². The average molecular weight is 472 g/mol. The smallest absolute Gasteiger partial charge is 0.157 e. The zero-order chi connectivity index (χ0) is 23.6. The third-order valence-electron chi connectivity index (χ3n) is 13.1. The van der Waals surface area contributed by atoms with Crippen LogP contribution >= 0.6 is 0 Å². The van der Waals surface area contributed by atoms with Gasteiger partial charge in [0.05, 0.1) is 12.6 Å². The highest BCUT2D eigenvalue weighted by atomic mass is 16.7. The van der Waals surface area contributed by atoms with Gasteiger partial charge in [0.1, 0.15) is 0 Å². The van der Waals surface area contributed by atoms with Crippen molar-refractivity contribution >= 4 is 0 Å². The molecule has 11 unspecified atom stereocenters. The fourth-order valence-corrected chi connectivity index (χ4v) is 11.5. The fourth-order valence-electron chi connectivity index (χ4n) is 11.5. The van der Waals surface area contributed by atoms with Crippen LogP contribution in [0, 0.1) is 56.7 Å². The van der Waals surface area contributed by atoms with Gasteiger partial charge in [-0.3, -0.25) is 0 Å². The van der Waals surface area contributed by atoms with Crippen molar-refractivity contribution in [1.82, 2.24) is 0 Å². The molecule has 0 aromatic rings. The van der Waals surface area contributed by atoms with E-state index in [2.05, 4.69) is 25.9 Å². The van der Waals surface area contributed by atoms with Crippen molar-refractivity contribution in [3.8, 4) is 0 Å². The van der Waals surface area contributed by atoms with Gasteiger partial charge < -0.3 is 9.47 Å². The molecule has 5 aliphatic carbocycles. The molecule has 0 spiro atoms. The summed E-state index contributed by atoms with van der Waals surface area (Å²) in [5, 5.41) is 3.56. The van der Waals surface area contributed by atoms with E-state index in [0.29, 0.717) is 28.1 Å². The monoisotopic (exact) mass is 471 g/mol. The van der Waals surface area contributed by atoms with E-state index in [1.54, 1.807) is 0 Å². The van der Waals surface area contributed by atoms with Gasteiger partial charge in [0.2, 0.25) is 0 Å². The van der Waals surface area contributed by atoms with E-state index in [4.69, 9.17) is 9.47 Å². The molecule has 34 heavy (non-hydrogen) atoms. The second-order valence-electron chi connectivity index (χ2n) is 14.1. The van der Waals surface area contributed by atoms with Crippen molar-refractivity contribution < 1.29 is 9.47 Å². The summed E-state index contributed by atoms with van der Waals surface area (Å²) in [6, 6.07) is 0.0562. The van der Waals surface area contributed by atoms with Crippen LogP contribution in [0.15, 0.2) is 5.18 Å². The van der Waals surface area contributed by atoms with E-state index in [1.165, 1.54) is 77.0 Å². The first kappa shape index (κ1) is 23.9. The van der Waals surface area contributed by atoms with Gasteiger partial charge in [0.25, 0.3) is 0 Å². The van der Waals surface area contributed by atoms with Crippen molar-refractivity contribution in [3.63, 3.8) is 0 Å². The molecule has 1 heterocycles. The van der Waals surface area contributed by atoms with Crippen LogP contribution in [0.4, 0.5) is 0 Å². The zero-order valence-electron chi connectivity index (χ0n) is 22.1. The molecule has 11 atom stereocenters. The van der Waals surface area contributed by atoms with Crippen LogP contribution in [0.3, 0.4) is 0 Å². The first-order chi connectivity index (χ1) is 16.4. The molecule has 1 saturated heterocycles. The molecule has 6 fully saturated rings. The maximum Gasteiger partial charge on any atom is 0.157 e. The standard InChI is InChI=1S/C30H49NO3/c1-20-22-11-15-29(3)23-12-17-30(19-34-27-8-4-5-18-33-27)14-6-7-24(30)21(23)9-10-26(29)28(22,2)16-13-25(20)31-32/h20-27H,4-19H2,1-3H3. The molecule has 0 bridgehead atoms. The maximum atomic E-state index is 11.5. The Bertz CT molecular complexity index is 766. The summed E-state index contributed by atoms with van der Waals surface area (Å²) in [6.07, 6.45) is 18.4. The van der Waals surface area contributed by atoms with E-state index in [0.717, 1.165) is 49.7 Å². The Morgan fingerprint density at radius 3 is 2.41 bits per heavy atom. The molecule has 4 heteroatoms. The molecule has 5 saturated carbocycles. The summed E-state index contributed by atoms with van der Waals surface area (Å²) in [5.41, 5.74) is 1.32. The highest BCUT2D eigenvalue weighted by Gasteiger charge is 2.64. The second-order valence-corrected chi connectivity index (χ2v) is 14.1. The van der Waals surface area contributed by atoms with E-state index < -0.39 is 0 Å². The first-order valence-corrected chi connectivity index (χ1v) is 15.0. The molecule has 0 radical (unpaired) electrons. The van der Waals surface area contributed by atoms with Gasteiger partial charge in [-0.15, -0.1) is 0 Å². The maximum absolute atomic E-state index is 11.5. The Balaban J connectivity index is 1.21. The topological polar surface area (TPSA) is 47.9 Å². The quantitative estimate of drug-likeness (QED) is 0.394. The molecule has 6 rings (SSSR count). The summed E-state index contributed by atoms with van der Waals surface area (Å²) in [5.74, 6) is 4.65. The van der Waals surface area contributed by atoms with Crippen LogP contribution in [-0.4, -0.2) is 25.5 Å². The number of fused-ring (bicyclic) bond motifs is 7. The summed E-state index contributed by atoms with van der Waals surface area (Å²) in [4.78, 5) is 11.5. The lowest BCUT2D eigenvalue weighted by Crippen LogP contribution is -2.61. The average Bonchev–Trinajstić information content (AvgIpc) is 3.28. The SMILES string of the molecule is CC1C(N=O)CCC2(C)C1CCC1(C)C3CCC4(COC5CCCCO5)CCCC4C3CCC21. The third-order valence-corrected chi connectivity index (χ3v) is 13.1. The van der Waals surface area contributed by atoms with E-state index >= 15 is 0 Å². The molecule has 6 aliphatic rings. The molecule has 192 valence electrons. The number of ether oxygens (including phenoxy) is 2. The summed E-state index contributed by atoms with van der Waals surface area (Å²) >= 11 is 0. The Morgan fingerprint density at radius 2 is 1.62 bits per heavy atom. The van der Waals surface area contributed by atoms with Gasteiger partial charge in [-0.25, -0.2) is 0 Å². The normalized spacial score (nSPS) is 54.9. The molecular weight excluding hydrogens is 422 g/mol. The largest absolute Gasteiger partial charge is 0.353 e. The lowest BCUT2D eigenvalue weighted by atomic mass is 9.37. The van der Waals surface area contributed by atoms with E-state index in [1.807, 2.05) is 0 Å². The van der Waals surface area contributed by atoms with Gasteiger partial charge in [-0.05, 0) is 135 Å². The summed E-state index contributed by atoms with van der Waals surface area (Å²) in [7, 11) is 0. The summed E-state index contributed by atoms with van der Waals surface area (Å²) < 4.78 is 12.4. The molecule has 0 aromatic heterocycles. The number of hydrogen-bond donors (Lipinski definition) is 0. The number of hydrogen-bond acceptors (Lipinski definition) is 4. The Morgan fingerprint density at radius 1 is 0.824 bits per heavy atom. The van der Waals surface area contributed by atoms with Crippen LogP contribution in [0.2, 0.25) is 0 Å². The van der Waals surface area contributed by atoms with Crippen molar-refractivity contribution in [2.45, 2.75) is 123 Å². The molecule has 4 nitrogen and oxygen atoms in total. The van der Waals surface area contributed by atoms with Crippen molar-refractivity contribution in [3.05, 3.63) is 4.91 Å². The van der Waals surface area contributed by atoms with Crippen LogP contribution in [0.1, 0.15) is 111 Å². The van der Waals surface area contributed by atoms with Gasteiger partial charge in [0.15, 0.2) is 6.29 Å². The van der Waals surface area contributed by atoms with E-state index in [-0.39, 0.29) is 12.3 Å². The summed E-state index contributed by atoms with van der Waals surface area (Å²) in [6.45, 7) is 9.50. The van der Waals surface area contributed by atoms with Gasteiger partial charge in [-0.2, -0.15) is 4.91 Å². The minimum Gasteiger partial charge on any atom is -0.353 e. The number of rotatable bonds is 4. The number of nitrogens with zero attached hydrogens (tertiary/aromatic N) is 1. The second kappa shape index (κ2) is 8.82. The Labute approximate surface area is 207 Å². The molecule has 0 N–H and O–H groups in total. The van der Waals surface area contributed by atoms with Crippen LogP contribution in [0.5, 0.6) is 0 Å². The Kier molecular flexibility index (Phi) is 6.20. The van der Waals surface area contributed by atoms with Crippen molar-refractivity contribution in [2.24, 2.45) is 56.9 Å². The van der Waals surface area contributed by atoms with Crippen molar-refractivity contribution in [2.75, 3.05) is 13.2 Å².